The zero-order valence-electron chi connectivity index (χ0n) is 14.1. The summed E-state index contributed by atoms with van der Waals surface area (Å²) in [5.41, 5.74) is 0.467. The summed E-state index contributed by atoms with van der Waals surface area (Å²) < 4.78 is 10.7. The molecule has 1 aromatic carbocycles. The van der Waals surface area contributed by atoms with Crippen molar-refractivity contribution in [3.05, 3.63) is 27.1 Å². The molecule has 2 N–H and O–H groups in total. The number of thioether (sulfide) groups is 1. The molecule has 2 amide bonds. The number of nitrogens with zero attached hydrogens (tertiary/aromatic N) is 1. The van der Waals surface area contributed by atoms with Crippen LogP contribution in [0.4, 0.5) is 4.79 Å². The summed E-state index contributed by atoms with van der Waals surface area (Å²) in [6, 6.07) is 1.77. The highest BCUT2D eigenvalue weighted by Crippen LogP contribution is 2.39. The van der Waals surface area contributed by atoms with Crippen molar-refractivity contribution in [2.45, 2.75) is 13.0 Å². The minimum Gasteiger partial charge on any atom is -0.493 e. The van der Waals surface area contributed by atoms with E-state index in [9.17, 15) is 19.2 Å². The van der Waals surface area contributed by atoms with Crippen LogP contribution in [0.1, 0.15) is 12.5 Å². The number of aliphatic carboxylic acids is 2. The van der Waals surface area contributed by atoms with Crippen molar-refractivity contribution in [2.75, 3.05) is 13.7 Å². The third-order valence-corrected chi connectivity index (χ3v) is 4.93. The minimum atomic E-state index is -1.29. The number of carboxylic acids is 2. The first-order valence-corrected chi connectivity index (χ1v) is 8.98. The van der Waals surface area contributed by atoms with E-state index in [0.717, 1.165) is 0 Å². The van der Waals surface area contributed by atoms with Crippen LogP contribution in [0, 0.1) is 0 Å². The number of carboxylic acid groups (broad SMARTS) is 2. The van der Waals surface area contributed by atoms with E-state index in [0.29, 0.717) is 26.7 Å². The summed E-state index contributed by atoms with van der Waals surface area (Å²) in [6.45, 7) is 0.677. The van der Waals surface area contributed by atoms with Crippen molar-refractivity contribution >= 4 is 56.9 Å². The molecule has 1 unspecified atom stereocenters. The molecule has 0 aromatic heterocycles. The number of ether oxygens (including phenoxy) is 2. The van der Waals surface area contributed by atoms with Gasteiger partial charge in [0.05, 0.1) is 16.5 Å². The molecule has 1 fully saturated rings. The molecule has 0 saturated carbocycles. The number of amides is 2. The maximum atomic E-state index is 12.4. The molecule has 1 aliphatic heterocycles. The van der Waals surface area contributed by atoms with Gasteiger partial charge in [-0.25, -0.2) is 9.59 Å². The predicted octanol–water partition coefficient (Wildman–Crippen LogP) is 2.43. The largest absolute Gasteiger partial charge is 0.493 e. The van der Waals surface area contributed by atoms with E-state index in [1.807, 2.05) is 0 Å². The van der Waals surface area contributed by atoms with Crippen molar-refractivity contribution in [3.8, 4) is 11.5 Å². The molecule has 11 heteroatoms. The fourth-order valence-electron chi connectivity index (χ4n) is 2.17. The molecule has 1 aromatic rings. The number of hydrogen-bond acceptors (Lipinski definition) is 7. The molecule has 1 heterocycles. The number of methoxy groups -OCH3 is 1. The summed E-state index contributed by atoms with van der Waals surface area (Å²) in [6.07, 6.45) is 1.41. The Morgan fingerprint density at radius 2 is 2.00 bits per heavy atom. The molecule has 1 atom stereocenters. The average Bonchev–Trinajstić information content (AvgIpc) is 2.86. The van der Waals surface area contributed by atoms with Crippen LogP contribution in [0.2, 0.25) is 0 Å². The van der Waals surface area contributed by atoms with Crippen LogP contribution in [0.15, 0.2) is 21.5 Å². The lowest BCUT2D eigenvalue weighted by atomic mass is 10.1. The highest BCUT2D eigenvalue weighted by Gasteiger charge is 2.40. The fraction of sp³-hybridized carbons (Fsp3) is 0.250. The molecule has 1 saturated heterocycles. The van der Waals surface area contributed by atoms with Crippen molar-refractivity contribution in [2.24, 2.45) is 0 Å². The first-order chi connectivity index (χ1) is 12.6. The second kappa shape index (κ2) is 8.44. The number of hydrogen-bond donors (Lipinski definition) is 2. The molecule has 1 aliphatic rings. The van der Waals surface area contributed by atoms with E-state index in [4.69, 9.17) is 19.7 Å². The Balaban J connectivity index is 2.35. The first-order valence-electron chi connectivity index (χ1n) is 7.37. The quantitative estimate of drug-likeness (QED) is 0.589. The van der Waals surface area contributed by atoms with Gasteiger partial charge in [-0.2, -0.15) is 0 Å². The molecule has 0 aliphatic carbocycles. The van der Waals surface area contributed by atoms with Crippen molar-refractivity contribution in [3.63, 3.8) is 0 Å². The molecule has 9 nitrogen and oxygen atoms in total. The normalized spacial score (nSPS) is 16.6. The lowest BCUT2D eigenvalue weighted by Crippen LogP contribution is -2.41. The molecule has 2 rings (SSSR count). The molecule has 0 radical (unpaired) electrons. The van der Waals surface area contributed by atoms with E-state index in [1.54, 1.807) is 6.07 Å². The van der Waals surface area contributed by atoms with Crippen molar-refractivity contribution in [1.29, 1.82) is 0 Å². The Morgan fingerprint density at radius 3 is 2.56 bits per heavy atom. The van der Waals surface area contributed by atoms with Gasteiger partial charge in [-0.05, 0) is 58.4 Å². The van der Waals surface area contributed by atoms with Gasteiger partial charge in [0.25, 0.3) is 11.1 Å². The number of carbonyl (C=O) groups excluding carboxylic acids is 2. The smallest absolute Gasteiger partial charge is 0.341 e. The number of benzene rings is 1. The van der Waals surface area contributed by atoms with Crippen LogP contribution in [0.25, 0.3) is 6.08 Å². The van der Waals surface area contributed by atoms with E-state index in [-0.39, 0.29) is 16.4 Å². The zero-order chi connectivity index (χ0) is 20.3. The SMILES string of the molecule is COc1cc(/C=C2/SC(=O)N(C(C)C(=O)O)C2=O)cc(Br)c1OCC(=O)O. The maximum absolute atomic E-state index is 12.4. The summed E-state index contributed by atoms with van der Waals surface area (Å²) in [5, 5.41) is 17.1. The Bertz CT molecular complexity index is 853. The van der Waals surface area contributed by atoms with Gasteiger partial charge in [-0.3, -0.25) is 14.5 Å². The highest BCUT2D eigenvalue weighted by atomic mass is 79.9. The molecule has 0 spiro atoms. The lowest BCUT2D eigenvalue weighted by Gasteiger charge is -2.16. The number of carbonyl (C=O) groups is 4. The van der Waals surface area contributed by atoms with Crippen LogP contribution in [-0.4, -0.2) is 58.0 Å². The van der Waals surface area contributed by atoms with Crippen LogP contribution in [0.5, 0.6) is 11.5 Å². The standard InChI is InChI=1S/C16H14BrNO8S/c1-7(15(22)23)18-14(21)11(27-16(18)24)5-8-3-9(17)13(10(4-8)25-2)26-6-12(19)20/h3-5,7H,6H2,1-2H3,(H,19,20)(H,22,23)/b11-5+. The first kappa shape index (κ1) is 20.8. The van der Waals surface area contributed by atoms with Gasteiger partial charge in [0.2, 0.25) is 0 Å². The second-order valence-corrected chi connectivity index (χ2v) is 7.13. The van der Waals surface area contributed by atoms with E-state index >= 15 is 0 Å². The van der Waals surface area contributed by atoms with E-state index in [2.05, 4.69) is 15.9 Å². The van der Waals surface area contributed by atoms with Gasteiger partial charge in [0.15, 0.2) is 18.1 Å². The third-order valence-electron chi connectivity index (χ3n) is 3.46. The Morgan fingerprint density at radius 1 is 1.33 bits per heavy atom. The fourth-order valence-corrected chi connectivity index (χ4v) is 3.65. The molecule has 144 valence electrons. The van der Waals surface area contributed by atoms with Gasteiger partial charge in [0.1, 0.15) is 6.04 Å². The van der Waals surface area contributed by atoms with Gasteiger partial charge < -0.3 is 19.7 Å². The van der Waals surface area contributed by atoms with Crippen molar-refractivity contribution in [1.82, 2.24) is 4.90 Å². The van der Waals surface area contributed by atoms with Crippen LogP contribution in [0.3, 0.4) is 0 Å². The second-order valence-electron chi connectivity index (χ2n) is 5.28. The van der Waals surface area contributed by atoms with E-state index in [1.165, 1.54) is 26.2 Å². The van der Waals surface area contributed by atoms with Gasteiger partial charge in [-0.1, -0.05) is 0 Å². The minimum absolute atomic E-state index is 0.0567. The monoisotopic (exact) mass is 459 g/mol. The highest BCUT2D eigenvalue weighted by molar-refractivity contribution is 9.10. The average molecular weight is 460 g/mol. The van der Waals surface area contributed by atoms with Crippen LogP contribution < -0.4 is 9.47 Å². The summed E-state index contributed by atoms with van der Waals surface area (Å²) >= 11 is 3.88. The number of halogens is 1. The molecular weight excluding hydrogens is 446 g/mol. The topological polar surface area (TPSA) is 130 Å². The molecular formula is C16H14BrNO8S. The number of imide groups is 1. The van der Waals surface area contributed by atoms with E-state index < -0.39 is 35.7 Å². The summed E-state index contributed by atoms with van der Waals surface area (Å²) in [7, 11) is 1.36. The molecule has 0 bridgehead atoms. The van der Waals surface area contributed by atoms with Gasteiger partial charge >= 0.3 is 11.9 Å². The van der Waals surface area contributed by atoms with Gasteiger partial charge in [0, 0.05) is 0 Å². The van der Waals surface area contributed by atoms with Crippen LogP contribution >= 0.6 is 27.7 Å². The summed E-state index contributed by atoms with van der Waals surface area (Å²) in [5.74, 6) is -2.77. The molecule has 27 heavy (non-hydrogen) atoms. The van der Waals surface area contributed by atoms with Crippen molar-refractivity contribution < 1.29 is 38.9 Å². The number of rotatable bonds is 7. The van der Waals surface area contributed by atoms with Gasteiger partial charge in [-0.15, -0.1) is 0 Å². The third kappa shape index (κ3) is 4.61. The maximum Gasteiger partial charge on any atom is 0.341 e. The zero-order valence-corrected chi connectivity index (χ0v) is 16.5. The predicted molar refractivity (Wildman–Crippen MR) is 98.7 cm³/mol. The Labute approximate surface area is 166 Å². The Hall–Kier alpha value is -2.53. The van der Waals surface area contributed by atoms with Crippen LogP contribution in [-0.2, 0) is 14.4 Å². The lowest BCUT2D eigenvalue weighted by molar-refractivity contribution is -0.145. The Kier molecular flexibility index (Phi) is 6.50. The summed E-state index contributed by atoms with van der Waals surface area (Å²) in [4.78, 5) is 46.8.